The SMILES string of the molecule is COCC1CC=C(C=NO)C1. The van der Waals surface area contributed by atoms with Crippen LogP contribution in [0.25, 0.3) is 0 Å². The van der Waals surface area contributed by atoms with Crippen LogP contribution in [0.1, 0.15) is 12.8 Å². The van der Waals surface area contributed by atoms with Crippen LogP contribution < -0.4 is 0 Å². The zero-order chi connectivity index (χ0) is 8.10. The van der Waals surface area contributed by atoms with Gasteiger partial charge in [-0.2, -0.15) is 0 Å². The summed E-state index contributed by atoms with van der Waals surface area (Å²) >= 11 is 0. The maximum absolute atomic E-state index is 8.24. The van der Waals surface area contributed by atoms with Crippen molar-refractivity contribution in [2.24, 2.45) is 11.1 Å². The quantitative estimate of drug-likeness (QED) is 0.380. The molecule has 0 aromatic rings. The highest BCUT2D eigenvalue weighted by Crippen LogP contribution is 2.23. The number of rotatable bonds is 3. The molecule has 0 saturated carbocycles. The molecule has 0 bridgehead atoms. The van der Waals surface area contributed by atoms with Gasteiger partial charge in [-0.05, 0) is 24.3 Å². The number of oxime groups is 1. The van der Waals surface area contributed by atoms with E-state index < -0.39 is 0 Å². The van der Waals surface area contributed by atoms with Gasteiger partial charge >= 0.3 is 0 Å². The average Bonchev–Trinajstić information content (AvgIpc) is 2.38. The molecule has 1 unspecified atom stereocenters. The van der Waals surface area contributed by atoms with E-state index in [-0.39, 0.29) is 0 Å². The first kappa shape index (κ1) is 8.27. The minimum absolute atomic E-state index is 0.577. The lowest BCUT2D eigenvalue weighted by Gasteiger charge is -2.05. The van der Waals surface area contributed by atoms with Gasteiger partial charge in [0.1, 0.15) is 0 Å². The van der Waals surface area contributed by atoms with Crippen molar-refractivity contribution >= 4 is 6.21 Å². The van der Waals surface area contributed by atoms with Gasteiger partial charge in [-0.25, -0.2) is 0 Å². The molecule has 0 aliphatic heterocycles. The molecule has 1 aliphatic carbocycles. The molecule has 0 fully saturated rings. The fourth-order valence-corrected chi connectivity index (χ4v) is 1.36. The second-order valence-corrected chi connectivity index (χ2v) is 2.78. The molecule has 0 amide bonds. The Bertz CT molecular complexity index is 175. The lowest BCUT2D eigenvalue weighted by Crippen LogP contribution is -2.03. The zero-order valence-corrected chi connectivity index (χ0v) is 6.66. The van der Waals surface area contributed by atoms with E-state index in [2.05, 4.69) is 11.2 Å². The van der Waals surface area contributed by atoms with Gasteiger partial charge in [-0.15, -0.1) is 0 Å². The third kappa shape index (κ3) is 2.35. The lowest BCUT2D eigenvalue weighted by atomic mass is 10.1. The number of allylic oxidation sites excluding steroid dienone is 2. The van der Waals surface area contributed by atoms with Crippen molar-refractivity contribution in [3.05, 3.63) is 11.6 Å². The number of ether oxygens (including phenoxy) is 1. The van der Waals surface area contributed by atoms with Crippen LogP contribution in [0, 0.1) is 5.92 Å². The Morgan fingerprint density at radius 2 is 2.73 bits per heavy atom. The Labute approximate surface area is 66.4 Å². The molecule has 0 heterocycles. The van der Waals surface area contributed by atoms with Gasteiger partial charge < -0.3 is 9.94 Å². The zero-order valence-electron chi connectivity index (χ0n) is 6.66. The molecule has 0 radical (unpaired) electrons. The van der Waals surface area contributed by atoms with E-state index in [0.29, 0.717) is 5.92 Å². The summed E-state index contributed by atoms with van der Waals surface area (Å²) in [6.45, 7) is 0.791. The van der Waals surface area contributed by atoms with Gasteiger partial charge in [0.2, 0.25) is 0 Å². The highest BCUT2D eigenvalue weighted by Gasteiger charge is 2.15. The molecule has 0 aromatic carbocycles. The Morgan fingerprint density at radius 3 is 3.36 bits per heavy atom. The van der Waals surface area contributed by atoms with Crippen LogP contribution in [0.2, 0.25) is 0 Å². The van der Waals surface area contributed by atoms with E-state index in [1.807, 2.05) is 0 Å². The molecule has 3 nitrogen and oxygen atoms in total. The third-order valence-electron chi connectivity index (χ3n) is 1.86. The number of methoxy groups -OCH3 is 1. The molecule has 1 N–H and O–H groups in total. The summed E-state index contributed by atoms with van der Waals surface area (Å²) in [7, 11) is 1.71. The minimum atomic E-state index is 0.577. The van der Waals surface area contributed by atoms with Crippen molar-refractivity contribution < 1.29 is 9.94 Å². The van der Waals surface area contributed by atoms with Crippen molar-refractivity contribution in [3.8, 4) is 0 Å². The summed E-state index contributed by atoms with van der Waals surface area (Å²) in [6.07, 6.45) is 5.59. The molecule has 0 saturated heterocycles. The van der Waals surface area contributed by atoms with Crippen LogP contribution in [0.5, 0.6) is 0 Å². The van der Waals surface area contributed by atoms with Crippen molar-refractivity contribution in [1.82, 2.24) is 0 Å². The molecule has 1 aliphatic rings. The number of hydrogen-bond acceptors (Lipinski definition) is 3. The van der Waals surface area contributed by atoms with E-state index in [1.54, 1.807) is 7.11 Å². The average molecular weight is 155 g/mol. The maximum Gasteiger partial charge on any atom is 0.0690 e. The molecule has 3 heteroatoms. The van der Waals surface area contributed by atoms with Crippen molar-refractivity contribution in [1.29, 1.82) is 0 Å². The fraction of sp³-hybridized carbons (Fsp3) is 0.625. The predicted octanol–water partition coefficient (Wildman–Crippen LogP) is 1.43. The monoisotopic (exact) mass is 155 g/mol. The van der Waals surface area contributed by atoms with Crippen molar-refractivity contribution in [3.63, 3.8) is 0 Å². The van der Waals surface area contributed by atoms with Crippen LogP contribution in [0.15, 0.2) is 16.8 Å². The third-order valence-corrected chi connectivity index (χ3v) is 1.86. The Morgan fingerprint density at radius 1 is 1.91 bits per heavy atom. The predicted molar refractivity (Wildman–Crippen MR) is 43.0 cm³/mol. The van der Waals surface area contributed by atoms with E-state index in [1.165, 1.54) is 6.21 Å². The summed E-state index contributed by atoms with van der Waals surface area (Å²) in [5.41, 5.74) is 1.11. The molecule has 1 rings (SSSR count). The maximum atomic E-state index is 8.24. The van der Waals surface area contributed by atoms with Crippen LogP contribution in [-0.2, 0) is 4.74 Å². The van der Waals surface area contributed by atoms with Gasteiger partial charge in [-0.1, -0.05) is 11.2 Å². The molecule has 62 valence electrons. The summed E-state index contributed by atoms with van der Waals surface area (Å²) < 4.78 is 5.01. The molecule has 0 spiro atoms. The van der Waals surface area contributed by atoms with Gasteiger partial charge in [-0.3, -0.25) is 0 Å². The van der Waals surface area contributed by atoms with Crippen molar-refractivity contribution in [2.75, 3.05) is 13.7 Å². The topological polar surface area (TPSA) is 41.8 Å². The summed E-state index contributed by atoms with van der Waals surface area (Å²) in [4.78, 5) is 0. The van der Waals surface area contributed by atoms with Crippen LogP contribution >= 0.6 is 0 Å². The van der Waals surface area contributed by atoms with Gasteiger partial charge in [0.05, 0.1) is 6.21 Å². The summed E-state index contributed by atoms with van der Waals surface area (Å²) in [5, 5.41) is 11.2. The largest absolute Gasteiger partial charge is 0.411 e. The van der Waals surface area contributed by atoms with Gasteiger partial charge in [0, 0.05) is 13.7 Å². The van der Waals surface area contributed by atoms with E-state index in [0.717, 1.165) is 25.0 Å². The molecule has 0 aromatic heterocycles. The van der Waals surface area contributed by atoms with E-state index in [4.69, 9.17) is 9.94 Å². The van der Waals surface area contributed by atoms with Gasteiger partial charge in [0.25, 0.3) is 0 Å². The van der Waals surface area contributed by atoms with Gasteiger partial charge in [0.15, 0.2) is 0 Å². The van der Waals surface area contributed by atoms with Crippen LogP contribution in [0.4, 0.5) is 0 Å². The normalized spacial score (nSPS) is 24.5. The molecular formula is C8H13NO2. The summed E-state index contributed by atoms with van der Waals surface area (Å²) in [5.74, 6) is 0.577. The molecular weight excluding hydrogens is 142 g/mol. The first-order valence-corrected chi connectivity index (χ1v) is 3.72. The standard InChI is InChI=1S/C8H13NO2/c1-11-6-8-3-2-7(4-8)5-9-10/h2,5,8,10H,3-4,6H2,1H3. The first-order chi connectivity index (χ1) is 5.36. The second-order valence-electron chi connectivity index (χ2n) is 2.78. The Balaban J connectivity index is 2.30. The Hall–Kier alpha value is -0.830. The lowest BCUT2D eigenvalue weighted by molar-refractivity contribution is 0.157. The van der Waals surface area contributed by atoms with Crippen LogP contribution in [0.3, 0.4) is 0 Å². The number of hydrogen-bond donors (Lipinski definition) is 1. The van der Waals surface area contributed by atoms with E-state index >= 15 is 0 Å². The smallest absolute Gasteiger partial charge is 0.0690 e. The second kappa shape index (κ2) is 4.13. The highest BCUT2D eigenvalue weighted by molar-refractivity contribution is 5.78. The highest BCUT2D eigenvalue weighted by atomic mass is 16.5. The molecule has 11 heavy (non-hydrogen) atoms. The Kier molecular flexibility index (Phi) is 3.11. The number of nitrogens with zero attached hydrogens (tertiary/aromatic N) is 1. The summed E-state index contributed by atoms with van der Waals surface area (Å²) in [6, 6.07) is 0. The van der Waals surface area contributed by atoms with E-state index in [9.17, 15) is 0 Å². The fourth-order valence-electron chi connectivity index (χ4n) is 1.36. The van der Waals surface area contributed by atoms with Crippen LogP contribution in [-0.4, -0.2) is 25.1 Å². The van der Waals surface area contributed by atoms with Crippen molar-refractivity contribution in [2.45, 2.75) is 12.8 Å². The molecule has 1 atom stereocenters. The first-order valence-electron chi connectivity index (χ1n) is 3.72. The minimum Gasteiger partial charge on any atom is -0.411 e.